The molecule has 0 aliphatic heterocycles. The average molecular weight is 417 g/mol. The number of hydrogen-bond donors (Lipinski definition) is 1. The summed E-state index contributed by atoms with van der Waals surface area (Å²) in [5.74, 6) is 0.402. The molecule has 9 heteroatoms. The van der Waals surface area contributed by atoms with E-state index in [4.69, 9.17) is 9.47 Å². The van der Waals surface area contributed by atoms with Gasteiger partial charge in [-0.15, -0.1) is 0 Å². The first-order valence-electron chi connectivity index (χ1n) is 8.81. The van der Waals surface area contributed by atoms with Gasteiger partial charge < -0.3 is 14.0 Å². The monoisotopic (exact) mass is 417 g/mol. The van der Waals surface area contributed by atoms with Crippen molar-refractivity contribution in [1.29, 1.82) is 0 Å². The number of hydrogen-bond acceptors (Lipinski definition) is 4. The number of methoxy groups -OCH3 is 1. The van der Waals surface area contributed by atoms with Crippen molar-refractivity contribution in [2.75, 3.05) is 13.7 Å². The summed E-state index contributed by atoms with van der Waals surface area (Å²) in [5, 5.41) is 3.85. The van der Waals surface area contributed by atoms with E-state index in [1.165, 1.54) is 24.0 Å². The maximum absolute atomic E-state index is 12.9. The summed E-state index contributed by atoms with van der Waals surface area (Å²) in [6.45, 7) is -0.285. The van der Waals surface area contributed by atoms with Gasteiger partial charge in [0.05, 0.1) is 24.6 Å². The molecule has 2 aromatic carbocycles. The van der Waals surface area contributed by atoms with Crippen LogP contribution in [0.2, 0.25) is 0 Å². The van der Waals surface area contributed by atoms with Gasteiger partial charge in [0.1, 0.15) is 0 Å². The van der Waals surface area contributed by atoms with Gasteiger partial charge in [0, 0.05) is 11.9 Å². The lowest BCUT2D eigenvalue weighted by molar-refractivity contribution is -0.137. The van der Waals surface area contributed by atoms with E-state index in [-0.39, 0.29) is 6.61 Å². The highest BCUT2D eigenvalue weighted by atomic mass is 19.4. The molecule has 0 saturated carbocycles. The number of halogens is 3. The van der Waals surface area contributed by atoms with E-state index < -0.39 is 17.6 Å². The van der Waals surface area contributed by atoms with Crippen molar-refractivity contribution >= 4 is 12.1 Å². The third-order valence-corrected chi connectivity index (χ3v) is 4.05. The second kappa shape index (κ2) is 9.17. The molecule has 30 heavy (non-hydrogen) atoms. The molecular weight excluding hydrogens is 399 g/mol. The fraction of sp³-hybridized carbons (Fsp3) is 0.143. The second-order valence-electron chi connectivity index (χ2n) is 6.08. The fourth-order valence-electron chi connectivity index (χ4n) is 2.65. The van der Waals surface area contributed by atoms with E-state index in [0.717, 1.165) is 12.1 Å². The van der Waals surface area contributed by atoms with E-state index in [1.54, 1.807) is 48.7 Å². The van der Waals surface area contributed by atoms with Crippen LogP contribution in [-0.4, -0.2) is 30.4 Å². The van der Waals surface area contributed by atoms with Crippen molar-refractivity contribution in [3.63, 3.8) is 0 Å². The van der Waals surface area contributed by atoms with Gasteiger partial charge in [-0.05, 0) is 42.5 Å². The lowest BCUT2D eigenvalue weighted by Gasteiger charge is -2.11. The van der Waals surface area contributed by atoms with Crippen LogP contribution < -0.4 is 14.9 Å². The predicted octanol–water partition coefficient (Wildman–Crippen LogP) is 4.03. The van der Waals surface area contributed by atoms with Gasteiger partial charge in [-0.25, -0.2) is 5.43 Å². The topological polar surface area (TPSA) is 64.8 Å². The molecule has 0 spiro atoms. The van der Waals surface area contributed by atoms with Crippen molar-refractivity contribution in [2.45, 2.75) is 6.18 Å². The average Bonchev–Trinajstić information content (AvgIpc) is 3.20. The van der Waals surface area contributed by atoms with Gasteiger partial charge in [-0.3, -0.25) is 4.79 Å². The quantitative estimate of drug-likeness (QED) is 0.466. The third kappa shape index (κ3) is 5.19. The Bertz CT molecular complexity index is 1040. The molecule has 0 saturated heterocycles. The maximum Gasteiger partial charge on any atom is 0.416 e. The highest BCUT2D eigenvalue weighted by Crippen LogP contribution is 2.30. The smallest absolute Gasteiger partial charge is 0.416 e. The Morgan fingerprint density at radius 1 is 1.10 bits per heavy atom. The Morgan fingerprint density at radius 3 is 2.60 bits per heavy atom. The highest BCUT2D eigenvalue weighted by molar-refractivity contribution is 5.82. The molecule has 3 aromatic rings. The van der Waals surface area contributed by atoms with Gasteiger partial charge in [0.25, 0.3) is 5.91 Å². The van der Waals surface area contributed by atoms with Crippen LogP contribution in [0.5, 0.6) is 11.5 Å². The Hall–Kier alpha value is -3.75. The molecule has 0 fully saturated rings. The van der Waals surface area contributed by atoms with Crippen LogP contribution in [0.15, 0.2) is 72.0 Å². The number of aromatic nitrogens is 1. The normalized spacial score (nSPS) is 11.5. The zero-order chi connectivity index (χ0) is 21.6. The summed E-state index contributed by atoms with van der Waals surface area (Å²) in [5.41, 5.74) is 2.37. The van der Waals surface area contributed by atoms with Gasteiger partial charge in [-0.2, -0.15) is 18.3 Å². The lowest BCUT2D eigenvalue weighted by atomic mass is 10.2. The van der Waals surface area contributed by atoms with Crippen LogP contribution in [0.1, 0.15) is 11.3 Å². The van der Waals surface area contributed by atoms with Gasteiger partial charge in [0.15, 0.2) is 18.1 Å². The lowest BCUT2D eigenvalue weighted by Crippen LogP contribution is -2.24. The molecule has 0 bridgehead atoms. The molecule has 3 rings (SSSR count). The number of nitrogens with one attached hydrogen (secondary N) is 1. The van der Waals surface area contributed by atoms with Gasteiger partial charge in [0.2, 0.25) is 0 Å². The molecule has 0 aliphatic rings. The molecule has 1 amide bonds. The molecule has 156 valence electrons. The van der Waals surface area contributed by atoms with E-state index in [9.17, 15) is 18.0 Å². The van der Waals surface area contributed by atoms with E-state index in [0.29, 0.717) is 22.9 Å². The standard InChI is InChI=1S/C21H18F3N3O3/c1-29-18-9-2-3-10-19(18)30-14-20(28)26-25-13-17-8-5-11-27(17)16-7-4-6-15(12-16)21(22,23)24/h2-13H,14H2,1H3,(H,26,28)/b25-13+. The van der Waals surface area contributed by atoms with Crippen molar-refractivity contribution in [2.24, 2.45) is 5.10 Å². The Balaban J connectivity index is 1.63. The van der Waals surface area contributed by atoms with Crippen LogP contribution in [0.4, 0.5) is 13.2 Å². The summed E-state index contributed by atoms with van der Waals surface area (Å²) in [6, 6.07) is 15.1. The van der Waals surface area contributed by atoms with Crippen LogP contribution >= 0.6 is 0 Å². The Labute approximate surface area is 170 Å². The summed E-state index contributed by atoms with van der Waals surface area (Å²) in [4.78, 5) is 11.9. The maximum atomic E-state index is 12.9. The number of amides is 1. The van der Waals surface area contributed by atoms with Crippen LogP contribution in [-0.2, 0) is 11.0 Å². The van der Waals surface area contributed by atoms with Crippen LogP contribution in [0.25, 0.3) is 5.69 Å². The highest BCUT2D eigenvalue weighted by Gasteiger charge is 2.30. The molecule has 0 radical (unpaired) electrons. The van der Waals surface area contributed by atoms with Gasteiger partial charge in [-0.1, -0.05) is 18.2 Å². The number of para-hydroxylation sites is 2. The van der Waals surface area contributed by atoms with Gasteiger partial charge >= 0.3 is 6.18 Å². The summed E-state index contributed by atoms with van der Waals surface area (Å²) < 4.78 is 50.9. The number of rotatable bonds is 7. The fourth-order valence-corrected chi connectivity index (χ4v) is 2.65. The number of carbonyl (C=O) groups excluding carboxylic acids is 1. The van der Waals surface area contributed by atoms with Crippen molar-refractivity contribution in [1.82, 2.24) is 9.99 Å². The largest absolute Gasteiger partial charge is 0.493 e. The third-order valence-electron chi connectivity index (χ3n) is 4.05. The summed E-state index contributed by atoms with van der Waals surface area (Å²) in [6.07, 6.45) is -1.50. The van der Waals surface area contributed by atoms with Crippen molar-refractivity contribution < 1.29 is 27.4 Å². The zero-order valence-corrected chi connectivity index (χ0v) is 15.9. The Morgan fingerprint density at radius 2 is 1.87 bits per heavy atom. The summed E-state index contributed by atoms with van der Waals surface area (Å²) >= 11 is 0. The van der Waals surface area contributed by atoms with Crippen LogP contribution in [0.3, 0.4) is 0 Å². The van der Waals surface area contributed by atoms with Crippen molar-refractivity contribution in [3.8, 4) is 17.2 Å². The zero-order valence-electron chi connectivity index (χ0n) is 15.9. The summed E-state index contributed by atoms with van der Waals surface area (Å²) in [7, 11) is 1.49. The molecular formula is C21H18F3N3O3. The van der Waals surface area contributed by atoms with Crippen LogP contribution in [0, 0.1) is 0 Å². The van der Waals surface area contributed by atoms with E-state index in [1.807, 2.05) is 0 Å². The molecule has 0 atom stereocenters. The first kappa shape index (κ1) is 21.0. The number of nitrogens with zero attached hydrogens (tertiary/aromatic N) is 2. The minimum Gasteiger partial charge on any atom is -0.493 e. The number of benzene rings is 2. The first-order chi connectivity index (χ1) is 14.4. The number of alkyl halides is 3. The predicted molar refractivity (Wildman–Crippen MR) is 105 cm³/mol. The molecule has 0 unspecified atom stereocenters. The molecule has 1 heterocycles. The molecule has 1 aromatic heterocycles. The number of ether oxygens (including phenoxy) is 2. The molecule has 1 N–H and O–H groups in total. The van der Waals surface area contributed by atoms with Crippen molar-refractivity contribution in [3.05, 3.63) is 78.1 Å². The minimum absolute atomic E-state index is 0.285. The number of hydrazone groups is 1. The Kier molecular flexibility index (Phi) is 6.41. The van der Waals surface area contributed by atoms with E-state index >= 15 is 0 Å². The minimum atomic E-state index is -4.44. The number of carbonyl (C=O) groups is 1. The second-order valence-corrected chi connectivity index (χ2v) is 6.08. The van der Waals surface area contributed by atoms with E-state index in [2.05, 4.69) is 10.5 Å². The molecule has 0 aliphatic carbocycles. The SMILES string of the molecule is COc1ccccc1OCC(=O)N/N=C/c1cccn1-c1cccc(C(F)(F)F)c1. The first-order valence-corrected chi connectivity index (χ1v) is 8.81. The molecule has 6 nitrogen and oxygen atoms in total.